The highest BCUT2D eigenvalue weighted by Crippen LogP contribution is 2.18. The Morgan fingerprint density at radius 3 is 2.93 bits per heavy atom. The van der Waals surface area contributed by atoms with Crippen LogP contribution in [0.15, 0.2) is 4.99 Å². The third-order valence-electron chi connectivity index (χ3n) is 2.72. The normalized spacial score (nSPS) is 37.2. The van der Waals surface area contributed by atoms with E-state index in [9.17, 15) is 9.90 Å². The van der Waals surface area contributed by atoms with E-state index in [1.165, 1.54) is 6.21 Å². The molecule has 0 bridgehead atoms. The van der Waals surface area contributed by atoms with Gasteiger partial charge < -0.3 is 10.4 Å². The molecule has 2 rings (SSSR count). The molecule has 5 heteroatoms. The third kappa shape index (κ3) is 2.10. The van der Waals surface area contributed by atoms with Gasteiger partial charge in [-0.25, -0.2) is 4.99 Å². The number of aliphatic hydroxyl groups excluding tert-OH is 1. The molecular formula is C9H15N3O2. The van der Waals surface area contributed by atoms with Crippen LogP contribution in [0.4, 0.5) is 0 Å². The molecule has 3 N–H and O–H groups in total. The average molecular weight is 197 g/mol. The van der Waals surface area contributed by atoms with Crippen LogP contribution in [0.25, 0.3) is 0 Å². The first-order valence-electron chi connectivity index (χ1n) is 5.03. The molecular weight excluding hydrogens is 182 g/mol. The van der Waals surface area contributed by atoms with Crippen LogP contribution in [-0.2, 0) is 4.79 Å². The minimum Gasteiger partial charge on any atom is -0.392 e. The lowest BCUT2D eigenvalue weighted by Crippen LogP contribution is -2.50. The average Bonchev–Trinajstić information content (AvgIpc) is 2.56. The van der Waals surface area contributed by atoms with Gasteiger partial charge in [-0.15, -0.1) is 0 Å². The van der Waals surface area contributed by atoms with Gasteiger partial charge in [-0.05, 0) is 12.8 Å². The monoisotopic (exact) mass is 197 g/mol. The highest BCUT2D eigenvalue weighted by molar-refractivity contribution is 6.27. The number of carbonyl (C=O) groups is 1. The molecule has 1 fully saturated rings. The molecule has 3 atom stereocenters. The standard InChI is InChI=1S/C9H15N3O2/c13-7-4-2-1-3-6(7)11-9-10-5-8(14)12-9/h5-7,9,11,13H,1-4H2,(H,12,14)/t6-,7+,9?/m1/s1. The van der Waals surface area contributed by atoms with Gasteiger partial charge in [0, 0.05) is 6.04 Å². The minimum atomic E-state index is -0.347. The molecule has 0 radical (unpaired) electrons. The lowest BCUT2D eigenvalue weighted by Gasteiger charge is -2.29. The fraction of sp³-hybridized carbons (Fsp3) is 0.778. The van der Waals surface area contributed by atoms with Gasteiger partial charge in [0.15, 0.2) is 6.29 Å². The predicted molar refractivity (Wildman–Crippen MR) is 51.8 cm³/mol. The van der Waals surface area contributed by atoms with Gasteiger partial charge in [0.05, 0.1) is 12.3 Å². The first kappa shape index (κ1) is 9.61. The van der Waals surface area contributed by atoms with Crippen molar-refractivity contribution in [1.29, 1.82) is 0 Å². The van der Waals surface area contributed by atoms with Crippen molar-refractivity contribution in [2.24, 2.45) is 4.99 Å². The highest BCUT2D eigenvalue weighted by atomic mass is 16.3. The first-order chi connectivity index (χ1) is 6.75. The van der Waals surface area contributed by atoms with Gasteiger partial charge in [-0.3, -0.25) is 10.1 Å². The van der Waals surface area contributed by atoms with Gasteiger partial charge in [0.1, 0.15) is 0 Å². The molecule has 0 aromatic rings. The van der Waals surface area contributed by atoms with Crippen molar-refractivity contribution in [2.45, 2.75) is 44.1 Å². The molecule has 2 aliphatic rings. The Kier molecular flexibility index (Phi) is 2.79. The second kappa shape index (κ2) is 4.06. The van der Waals surface area contributed by atoms with Crippen molar-refractivity contribution < 1.29 is 9.90 Å². The van der Waals surface area contributed by atoms with Crippen molar-refractivity contribution in [3.8, 4) is 0 Å². The largest absolute Gasteiger partial charge is 0.392 e. The second-order valence-electron chi connectivity index (χ2n) is 3.81. The molecule has 1 aliphatic carbocycles. The van der Waals surface area contributed by atoms with E-state index in [-0.39, 0.29) is 24.3 Å². The third-order valence-corrected chi connectivity index (χ3v) is 2.72. The summed E-state index contributed by atoms with van der Waals surface area (Å²) in [6, 6.07) is 0.0595. The maximum atomic E-state index is 10.8. The molecule has 1 amide bonds. The van der Waals surface area contributed by atoms with E-state index < -0.39 is 0 Å². The molecule has 78 valence electrons. The fourth-order valence-electron chi connectivity index (χ4n) is 1.94. The van der Waals surface area contributed by atoms with Gasteiger partial charge >= 0.3 is 0 Å². The minimum absolute atomic E-state index is 0.0595. The van der Waals surface area contributed by atoms with Crippen LogP contribution < -0.4 is 10.6 Å². The fourth-order valence-corrected chi connectivity index (χ4v) is 1.94. The summed E-state index contributed by atoms with van der Waals surface area (Å²) < 4.78 is 0. The van der Waals surface area contributed by atoms with Gasteiger partial charge in [0.25, 0.3) is 5.91 Å². The first-order valence-corrected chi connectivity index (χ1v) is 5.03. The van der Waals surface area contributed by atoms with E-state index >= 15 is 0 Å². The van der Waals surface area contributed by atoms with Gasteiger partial charge in [-0.2, -0.15) is 0 Å². The summed E-state index contributed by atoms with van der Waals surface area (Å²) in [5, 5.41) is 15.4. The topological polar surface area (TPSA) is 73.7 Å². The quantitative estimate of drug-likeness (QED) is 0.551. The summed E-state index contributed by atoms with van der Waals surface area (Å²) in [5.41, 5.74) is 0. The Bertz CT molecular complexity index is 254. The van der Waals surface area contributed by atoms with Crippen LogP contribution in [0.3, 0.4) is 0 Å². The molecule has 5 nitrogen and oxygen atoms in total. The molecule has 0 saturated heterocycles. The summed E-state index contributed by atoms with van der Waals surface area (Å²) in [5.74, 6) is -0.173. The maximum Gasteiger partial charge on any atom is 0.264 e. The molecule has 1 aliphatic heterocycles. The van der Waals surface area contributed by atoms with E-state index in [2.05, 4.69) is 15.6 Å². The zero-order chi connectivity index (χ0) is 9.97. The molecule has 0 spiro atoms. The summed E-state index contributed by atoms with van der Waals surface area (Å²) in [6.07, 6.45) is 4.60. The van der Waals surface area contributed by atoms with Crippen LogP contribution in [-0.4, -0.2) is 35.7 Å². The van der Waals surface area contributed by atoms with Crippen molar-refractivity contribution in [3.63, 3.8) is 0 Å². The van der Waals surface area contributed by atoms with Gasteiger partial charge in [0.2, 0.25) is 0 Å². The molecule has 14 heavy (non-hydrogen) atoms. The zero-order valence-electron chi connectivity index (χ0n) is 7.94. The number of hydrogen-bond acceptors (Lipinski definition) is 4. The van der Waals surface area contributed by atoms with E-state index in [1.807, 2.05) is 0 Å². The van der Waals surface area contributed by atoms with Gasteiger partial charge in [-0.1, -0.05) is 12.8 Å². The van der Waals surface area contributed by atoms with Crippen molar-refractivity contribution in [1.82, 2.24) is 10.6 Å². The Hall–Kier alpha value is -0.940. The number of nitrogens with one attached hydrogen (secondary N) is 2. The molecule has 1 unspecified atom stereocenters. The summed E-state index contributed by atoms with van der Waals surface area (Å²) in [6.45, 7) is 0. The van der Waals surface area contributed by atoms with Crippen LogP contribution in [0.2, 0.25) is 0 Å². The summed E-state index contributed by atoms with van der Waals surface area (Å²) in [7, 11) is 0. The zero-order valence-corrected chi connectivity index (χ0v) is 7.94. The lowest BCUT2D eigenvalue weighted by atomic mass is 9.93. The second-order valence-corrected chi connectivity index (χ2v) is 3.81. The van der Waals surface area contributed by atoms with Crippen molar-refractivity contribution in [3.05, 3.63) is 0 Å². The predicted octanol–water partition coefficient (Wildman–Crippen LogP) is -0.636. The number of hydrogen-bond donors (Lipinski definition) is 3. The summed E-state index contributed by atoms with van der Waals surface area (Å²) >= 11 is 0. The Morgan fingerprint density at radius 2 is 2.29 bits per heavy atom. The Labute approximate surface area is 82.6 Å². The van der Waals surface area contributed by atoms with Crippen LogP contribution >= 0.6 is 0 Å². The molecule has 1 heterocycles. The van der Waals surface area contributed by atoms with Crippen molar-refractivity contribution in [2.75, 3.05) is 0 Å². The van der Waals surface area contributed by atoms with E-state index in [0.29, 0.717) is 0 Å². The number of aliphatic hydroxyl groups is 1. The van der Waals surface area contributed by atoms with Crippen LogP contribution in [0, 0.1) is 0 Å². The molecule has 0 aromatic carbocycles. The Balaban J connectivity index is 1.84. The van der Waals surface area contributed by atoms with E-state index in [4.69, 9.17) is 0 Å². The Morgan fingerprint density at radius 1 is 1.50 bits per heavy atom. The van der Waals surface area contributed by atoms with Crippen LogP contribution in [0.1, 0.15) is 25.7 Å². The number of amides is 1. The smallest absolute Gasteiger partial charge is 0.264 e. The highest BCUT2D eigenvalue weighted by Gasteiger charge is 2.26. The van der Waals surface area contributed by atoms with E-state index in [0.717, 1.165) is 25.7 Å². The number of nitrogens with zero attached hydrogens (tertiary/aromatic N) is 1. The molecule has 0 aromatic heterocycles. The van der Waals surface area contributed by atoms with E-state index in [1.54, 1.807) is 0 Å². The maximum absolute atomic E-state index is 10.8. The van der Waals surface area contributed by atoms with Crippen LogP contribution in [0.5, 0.6) is 0 Å². The number of carbonyl (C=O) groups excluding carboxylic acids is 1. The van der Waals surface area contributed by atoms with Crippen molar-refractivity contribution >= 4 is 12.1 Å². The molecule has 1 saturated carbocycles. The number of rotatable bonds is 2. The summed E-state index contributed by atoms with van der Waals surface area (Å²) in [4.78, 5) is 14.8. The lowest BCUT2D eigenvalue weighted by molar-refractivity contribution is -0.114. The SMILES string of the molecule is O=C1C=NC(N[C@@H]2CCCC[C@@H]2O)N1. The number of aliphatic imine (C=N–C) groups is 1.